The summed E-state index contributed by atoms with van der Waals surface area (Å²) < 4.78 is 27.4. The molecule has 0 radical (unpaired) electrons. The van der Waals surface area contributed by atoms with Crippen molar-refractivity contribution in [1.82, 2.24) is 24.5 Å². The van der Waals surface area contributed by atoms with Gasteiger partial charge in [0, 0.05) is 42.7 Å². The number of aromatic nitrogens is 4. The first-order chi connectivity index (χ1) is 15.7. The largest absolute Gasteiger partial charge is 0.338 e. The lowest BCUT2D eigenvalue weighted by molar-refractivity contribution is -0.125. The number of carbonyl (C=O) groups is 1. The number of aryl methyl sites for hydroxylation is 1. The maximum Gasteiger partial charge on any atom is 0.246 e. The van der Waals surface area contributed by atoms with E-state index < -0.39 is 9.84 Å². The Balaban J connectivity index is 1.39. The summed E-state index contributed by atoms with van der Waals surface area (Å²) in [5.74, 6) is 0.209. The standard InChI is InChI=1S/C24H29N5O3S/c1-18-23(19(2)29(26-18)22-11-12-33(31,32)17-22)16-27(3)24(30)10-9-21-13-25-28(15-21)14-20-7-5-4-6-8-20/h4-10,13,15,22H,11-12,14,16-17H2,1-3H3/b10-9+/t22-/m1/s1. The van der Waals surface area contributed by atoms with Gasteiger partial charge in [0.15, 0.2) is 9.84 Å². The fourth-order valence-corrected chi connectivity index (χ4v) is 5.87. The van der Waals surface area contributed by atoms with Gasteiger partial charge in [0.05, 0.1) is 36.0 Å². The topological polar surface area (TPSA) is 90.1 Å². The maximum absolute atomic E-state index is 12.7. The highest BCUT2D eigenvalue weighted by atomic mass is 32.2. The normalized spacial score (nSPS) is 17.6. The van der Waals surface area contributed by atoms with Crippen LogP contribution < -0.4 is 0 Å². The van der Waals surface area contributed by atoms with Crippen molar-refractivity contribution < 1.29 is 13.2 Å². The molecule has 174 valence electrons. The van der Waals surface area contributed by atoms with Crippen molar-refractivity contribution >= 4 is 21.8 Å². The molecule has 3 aromatic rings. The molecule has 0 bridgehead atoms. The number of benzene rings is 1. The minimum absolute atomic E-state index is 0.124. The fourth-order valence-electron chi connectivity index (χ4n) is 4.18. The van der Waals surface area contributed by atoms with Crippen LogP contribution in [0.5, 0.6) is 0 Å². The van der Waals surface area contributed by atoms with E-state index in [0.717, 1.165) is 28.1 Å². The molecule has 33 heavy (non-hydrogen) atoms. The molecule has 0 N–H and O–H groups in total. The third kappa shape index (κ3) is 5.42. The minimum Gasteiger partial charge on any atom is -0.338 e. The predicted molar refractivity (Wildman–Crippen MR) is 127 cm³/mol. The SMILES string of the molecule is Cc1nn([C@@H]2CCS(=O)(=O)C2)c(C)c1CN(C)C(=O)/C=C/c1cnn(Cc2ccccc2)c1. The van der Waals surface area contributed by atoms with E-state index in [1.165, 1.54) is 0 Å². The first-order valence-corrected chi connectivity index (χ1v) is 12.8. The number of amides is 1. The van der Waals surface area contributed by atoms with Crippen LogP contribution in [0.25, 0.3) is 6.08 Å². The van der Waals surface area contributed by atoms with Crippen LogP contribution in [0, 0.1) is 13.8 Å². The predicted octanol–water partition coefficient (Wildman–Crippen LogP) is 2.78. The number of sulfone groups is 1. The van der Waals surface area contributed by atoms with Gasteiger partial charge in [-0.05, 0) is 31.9 Å². The summed E-state index contributed by atoms with van der Waals surface area (Å²) in [4.78, 5) is 14.3. The Morgan fingerprint density at radius 1 is 1.24 bits per heavy atom. The number of likely N-dealkylation sites (N-methyl/N-ethyl adjacent to an activating group) is 1. The summed E-state index contributed by atoms with van der Waals surface area (Å²) in [7, 11) is -1.24. The van der Waals surface area contributed by atoms with Gasteiger partial charge < -0.3 is 4.90 Å². The maximum atomic E-state index is 12.7. The lowest BCUT2D eigenvalue weighted by Gasteiger charge is -2.16. The Morgan fingerprint density at radius 2 is 2.00 bits per heavy atom. The zero-order valence-electron chi connectivity index (χ0n) is 19.2. The van der Waals surface area contributed by atoms with Crippen LogP contribution in [0.4, 0.5) is 0 Å². The van der Waals surface area contributed by atoms with Gasteiger partial charge in [0.25, 0.3) is 0 Å². The van der Waals surface area contributed by atoms with Crippen molar-refractivity contribution in [2.45, 2.75) is 39.4 Å². The van der Waals surface area contributed by atoms with Gasteiger partial charge >= 0.3 is 0 Å². The molecule has 0 aliphatic carbocycles. The van der Waals surface area contributed by atoms with Gasteiger partial charge in [0.1, 0.15) is 0 Å². The Bertz CT molecular complexity index is 1270. The lowest BCUT2D eigenvalue weighted by atomic mass is 10.1. The molecule has 1 aliphatic rings. The average molecular weight is 468 g/mol. The zero-order chi connectivity index (χ0) is 23.6. The van der Waals surface area contributed by atoms with Crippen LogP contribution in [0.15, 0.2) is 48.8 Å². The van der Waals surface area contributed by atoms with Crippen molar-refractivity contribution in [2.75, 3.05) is 18.6 Å². The van der Waals surface area contributed by atoms with E-state index in [9.17, 15) is 13.2 Å². The van der Waals surface area contributed by atoms with Gasteiger partial charge in [-0.25, -0.2) is 8.42 Å². The molecule has 1 fully saturated rings. The summed E-state index contributed by atoms with van der Waals surface area (Å²) in [6.07, 6.45) is 7.53. The Kier molecular flexibility index (Phi) is 6.51. The molecule has 1 amide bonds. The van der Waals surface area contributed by atoms with Crippen LogP contribution in [0.1, 0.15) is 40.5 Å². The molecule has 1 saturated heterocycles. The third-order valence-electron chi connectivity index (χ3n) is 6.06. The van der Waals surface area contributed by atoms with Gasteiger partial charge in [0.2, 0.25) is 5.91 Å². The molecular weight excluding hydrogens is 438 g/mol. The van der Waals surface area contributed by atoms with Crippen LogP contribution in [0.3, 0.4) is 0 Å². The van der Waals surface area contributed by atoms with E-state index in [1.807, 2.05) is 59.7 Å². The summed E-state index contributed by atoms with van der Waals surface area (Å²) in [6, 6.07) is 9.95. The first-order valence-electron chi connectivity index (χ1n) is 11.0. The van der Waals surface area contributed by atoms with Crippen molar-refractivity contribution in [3.05, 3.63) is 76.9 Å². The second-order valence-corrected chi connectivity index (χ2v) is 10.9. The van der Waals surface area contributed by atoms with E-state index in [-0.39, 0.29) is 23.5 Å². The molecule has 8 nitrogen and oxygen atoms in total. The van der Waals surface area contributed by atoms with Gasteiger partial charge in [-0.2, -0.15) is 10.2 Å². The van der Waals surface area contributed by atoms with E-state index in [0.29, 0.717) is 19.5 Å². The van der Waals surface area contributed by atoms with Crippen molar-refractivity contribution in [2.24, 2.45) is 0 Å². The molecule has 1 atom stereocenters. The lowest BCUT2D eigenvalue weighted by Crippen LogP contribution is -2.24. The molecule has 0 spiro atoms. The van der Waals surface area contributed by atoms with Gasteiger partial charge in [-0.15, -0.1) is 0 Å². The molecule has 0 unspecified atom stereocenters. The van der Waals surface area contributed by atoms with Crippen LogP contribution in [-0.2, 0) is 27.7 Å². The monoisotopic (exact) mass is 467 g/mol. The van der Waals surface area contributed by atoms with Crippen molar-refractivity contribution in [1.29, 1.82) is 0 Å². The molecular formula is C24H29N5O3S. The van der Waals surface area contributed by atoms with Gasteiger partial charge in [-0.1, -0.05) is 30.3 Å². The van der Waals surface area contributed by atoms with Gasteiger partial charge in [-0.3, -0.25) is 14.2 Å². The molecule has 1 aromatic carbocycles. The van der Waals surface area contributed by atoms with E-state index in [1.54, 1.807) is 30.3 Å². The summed E-state index contributed by atoms with van der Waals surface area (Å²) in [5, 5.41) is 8.95. The highest BCUT2D eigenvalue weighted by Gasteiger charge is 2.31. The minimum atomic E-state index is -2.99. The quantitative estimate of drug-likeness (QED) is 0.499. The second-order valence-electron chi connectivity index (χ2n) is 8.64. The van der Waals surface area contributed by atoms with Crippen molar-refractivity contribution in [3.8, 4) is 0 Å². The molecule has 0 saturated carbocycles. The molecule has 4 rings (SSSR count). The third-order valence-corrected chi connectivity index (χ3v) is 7.81. The van der Waals surface area contributed by atoms with Crippen molar-refractivity contribution in [3.63, 3.8) is 0 Å². The van der Waals surface area contributed by atoms with E-state index in [4.69, 9.17) is 0 Å². The molecule has 2 aromatic heterocycles. The number of hydrogen-bond donors (Lipinski definition) is 0. The first kappa shape index (κ1) is 23.0. The smallest absolute Gasteiger partial charge is 0.246 e. The summed E-state index contributed by atoms with van der Waals surface area (Å²) in [6.45, 7) is 4.92. The Labute approximate surface area is 194 Å². The zero-order valence-corrected chi connectivity index (χ0v) is 20.0. The van der Waals surface area contributed by atoms with E-state index in [2.05, 4.69) is 10.2 Å². The Hall–Kier alpha value is -3.20. The number of nitrogens with zero attached hydrogens (tertiary/aromatic N) is 5. The Morgan fingerprint density at radius 3 is 2.70 bits per heavy atom. The van der Waals surface area contributed by atoms with Crippen LogP contribution >= 0.6 is 0 Å². The molecule has 9 heteroatoms. The molecule has 1 aliphatic heterocycles. The fraction of sp³-hybridized carbons (Fsp3) is 0.375. The van der Waals surface area contributed by atoms with Crippen LogP contribution in [-0.4, -0.2) is 57.3 Å². The highest BCUT2D eigenvalue weighted by molar-refractivity contribution is 7.91. The number of carbonyl (C=O) groups excluding carboxylic acids is 1. The number of hydrogen-bond acceptors (Lipinski definition) is 5. The number of rotatable bonds is 7. The van der Waals surface area contributed by atoms with E-state index >= 15 is 0 Å². The highest BCUT2D eigenvalue weighted by Crippen LogP contribution is 2.27. The summed E-state index contributed by atoms with van der Waals surface area (Å²) in [5.41, 5.74) is 4.71. The average Bonchev–Trinajstić information content (AvgIpc) is 3.46. The molecule has 3 heterocycles. The summed E-state index contributed by atoms with van der Waals surface area (Å²) >= 11 is 0. The second kappa shape index (κ2) is 9.35. The van der Waals surface area contributed by atoms with Crippen LogP contribution in [0.2, 0.25) is 0 Å².